The van der Waals surface area contributed by atoms with Crippen LogP contribution in [0.15, 0.2) is 40.0 Å². The highest BCUT2D eigenvalue weighted by atomic mass is 35.5. The first-order valence-corrected chi connectivity index (χ1v) is 10.5. The highest BCUT2D eigenvalue weighted by molar-refractivity contribution is 7.89. The first-order chi connectivity index (χ1) is 14.1. The Morgan fingerprint density at radius 3 is 2.43 bits per heavy atom. The van der Waals surface area contributed by atoms with Gasteiger partial charge < -0.3 is 9.72 Å². The number of aromatic amines is 1. The van der Waals surface area contributed by atoms with Gasteiger partial charge >= 0.3 is 0 Å². The number of hydrogen-bond donors (Lipinski definition) is 1. The van der Waals surface area contributed by atoms with Gasteiger partial charge in [-0.2, -0.15) is 4.31 Å². The molecular formula is C19H14ClF3N2O4S. The number of halogens is 4. The third-order valence-corrected chi connectivity index (χ3v) is 7.20. The molecule has 3 aromatic rings. The second-order valence-corrected chi connectivity index (χ2v) is 9.19. The Balaban J connectivity index is 1.90. The molecule has 30 heavy (non-hydrogen) atoms. The van der Waals surface area contributed by atoms with Crippen molar-refractivity contribution in [2.75, 3.05) is 13.7 Å². The molecule has 0 radical (unpaired) electrons. The SMILES string of the molecule is CN([C@H]1COCc2[nH]c(=O)c3cc(F)c(F)cc3c21)S(=O)(=O)c1ccc(F)c(Cl)c1. The summed E-state index contributed by atoms with van der Waals surface area (Å²) >= 11 is 5.72. The molecule has 0 fully saturated rings. The smallest absolute Gasteiger partial charge is 0.256 e. The lowest BCUT2D eigenvalue weighted by atomic mass is 9.96. The van der Waals surface area contributed by atoms with E-state index < -0.39 is 39.1 Å². The Morgan fingerprint density at radius 2 is 1.77 bits per heavy atom. The normalized spacial score (nSPS) is 16.8. The standard InChI is InChI=1S/C19H14ClF3N2O4S/c1-25(30(27,28)9-2-3-13(21)12(20)4-9)17-8-29-7-16-18(17)10-5-14(22)15(23)6-11(10)19(26)24-16/h2-6,17H,7-8H2,1H3,(H,24,26)/t17-/m0/s1. The first-order valence-electron chi connectivity index (χ1n) is 8.66. The minimum absolute atomic E-state index is 0.0354. The van der Waals surface area contributed by atoms with Gasteiger partial charge in [0.1, 0.15) is 5.82 Å². The van der Waals surface area contributed by atoms with Crippen molar-refractivity contribution in [2.45, 2.75) is 17.5 Å². The molecule has 1 N–H and O–H groups in total. The molecule has 6 nitrogen and oxygen atoms in total. The van der Waals surface area contributed by atoms with Crippen LogP contribution in [0.3, 0.4) is 0 Å². The van der Waals surface area contributed by atoms with Crippen molar-refractivity contribution in [3.8, 4) is 0 Å². The Morgan fingerprint density at radius 1 is 1.10 bits per heavy atom. The number of aromatic nitrogens is 1. The molecule has 0 unspecified atom stereocenters. The second-order valence-electron chi connectivity index (χ2n) is 6.79. The number of hydrogen-bond acceptors (Lipinski definition) is 4. The molecule has 2 heterocycles. The number of fused-ring (bicyclic) bond motifs is 3. The average Bonchev–Trinajstić information content (AvgIpc) is 2.70. The van der Waals surface area contributed by atoms with Gasteiger partial charge in [-0.05, 0) is 35.7 Å². The number of nitrogens with zero attached hydrogens (tertiary/aromatic N) is 1. The van der Waals surface area contributed by atoms with Gasteiger partial charge in [-0.15, -0.1) is 0 Å². The van der Waals surface area contributed by atoms with Crippen molar-refractivity contribution < 1.29 is 26.3 Å². The van der Waals surface area contributed by atoms with Crippen molar-refractivity contribution in [3.05, 3.63) is 74.4 Å². The van der Waals surface area contributed by atoms with Crippen molar-refractivity contribution in [2.24, 2.45) is 0 Å². The average molecular weight is 459 g/mol. The monoisotopic (exact) mass is 458 g/mol. The third kappa shape index (κ3) is 3.29. The number of H-pyrrole nitrogens is 1. The molecule has 1 aromatic heterocycles. The van der Waals surface area contributed by atoms with Crippen LogP contribution in [0, 0.1) is 17.5 Å². The van der Waals surface area contributed by atoms with Crippen LogP contribution in [-0.2, 0) is 21.4 Å². The van der Waals surface area contributed by atoms with E-state index in [0.717, 1.165) is 34.6 Å². The summed E-state index contributed by atoms with van der Waals surface area (Å²) in [5.74, 6) is -3.14. The lowest BCUT2D eigenvalue weighted by Gasteiger charge is -2.33. The van der Waals surface area contributed by atoms with Crippen LogP contribution < -0.4 is 5.56 Å². The molecule has 0 saturated heterocycles. The number of sulfonamides is 1. The van der Waals surface area contributed by atoms with Crippen LogP contribution in [0.5, 0.6) is 0 Å². The summed E-state index contributed by atoms with van der Waals surface area (Å²) in [6.07, 6.45) is 0. The van der Waals surface area contributed by atoms with Crippen molar-refractivity contribution >= 4 is 32.4 Å². The van der Waals surface area contributed by atoms with Gasteiger partial charge in [0.15, 0.2) is 11.6 Å². The fourth-order valence-corrected chi connectivity index (χ4v) is 5.09. The summed E-state index contributed by atoms with van der Waals surface area (Å²) in [5, 5.41) is -0.396. The molecule has 0 bridgehead atoms. The van der Waals surface area contributed by atoms with E-state index in [1.807, 2.05) is 0 Å². The Kier molecular flexibility index (Phi) is 5.13. The van der Waals surface area contributed by atoms with E-state index in [0.29, 0.717) is 5.56 Å². The predicted octanol–water partition coefficient (Wildman–Crippen LogP) is 3.49. The quantitative estimate of drug-likeness (QED) is 0.651. The highest BCUT2D eigenvalue weighted by Gasteiger charge is 2.35. The maximum Gasteiger partial charge on any atom is 0.256 e. The Hall–Kier alpha value is -2.40. The minimum atomic E-state index is -4.18. The maximum absolute atomic E-state index is 14.0. The lowest BCUT2D eigenvalue weighted by Crippen LogP contribution is -2.37. The van der Waals surface area contributed by atoms with E-state index in [1.54, 1.807) is 0 Å². The van der Waals surface area contributed by atoms with Crippen molar-refractivity contribution in [3.63, 3.8) is 0 Å². The number of nitrogens with one attached hydrogen (secondary N) is 1. The van der Waals surface area contributed by atoms with Crippen LogP contribution in [0.2, 0.25) is 5.02 Å². The molecule has 2 aromatic carbocycles. The topological polar surface area (TPSA) is 79.5 Å². The first kappa shape index (κ1) is 20.9. The van der Waals surface area contributed by atoms with E-state index in [9.17, 15) is 26.4 Å². The molecule has 0 spiro atoms. The van der Waals surface area contributed by atoms with E-state index in [4.69, 9.17) is 16.3 Å². The van der Waals surface area contributed by atoms with E-state index in [1.165, 1.54) is 7.05 Å². The van der Waals surface area contributed by atoms with Crippen molar-refractivity contribution in [1.29, 1.82) is 0 Å². The Bertz CT molecular complexity index is 1340. The van der Waals surface area contributed by atoms with Crippen LogP contribution in [0.1, 0.15) is 17.3 Å². The lowest BCUT2D eigenvalue weighted by molar-refractivity contribution is 0.0626. The van der Waals surface area contributed by atoms with Crippen molar-refractivity contribution in [1.82, 2.24) is 9.29 Å². The molecule has 1 aliphatic rings. The predicted molar refractivity (Wildman–Crippen MR) is 103 cm³/mol. The van der Waals surface area contributed by atoms with Crippen LogP contribution >= 0.6 is 11.6 Å². The molecule has 1 aliphatic heterocycles. The van der Waals surface area contributed by atoms with Crippen LogP contribution in [0.4, 0.5) is 13.2 Å². The van der Waals surface area contributed by atoms with Gasteiger partial charge in [-0.25, -0.2) is 21.6 Å². The molecule has 0 amide bonds. The van der Waals surface area contributed by atoms with Gasteiger partial charge in [0, 0.05) is 18.3 Å². The highest BCUT2D eigenvalue weighted by Crippen LogP contribution is 2.36. The molecular weight excluding hydrogens is 445 g/mol. The summed E-state index contributed by atoms with van der Waals surface area (Å²) in [5.41, 5.74) is -0.0919. The van der Waals surface area contributed by atoms with Gasteiger partial charge in [0.05, 0.1) is 34.6 Å². The maximum atomic E-state index is 14.0. The van der Waals surface area contributed by atoms with Crippen LogP contribution in [-0.4, -0.2) is 31.4 Å². The largest absolute Gasteiger partial charge is 0.373 e. The molecule has 11 heteroatoms. The summed E-state index contributed by atoms with van der Waals surface area (Å²) in [6.45, 7) is -0.135. The summed E-state index contributed by atoms with van der Waals surface area (Å²) < 4.78 is 73.7. The second kappa shape index (κ2) is 7.38. The zero-order valence-electron chi connectivity index (χ0n) is 15.4. The zero-order valence-corrected chi connectivity index (χ0v) is 17.0. The molecule has 0 aliphatic carbocycles. The summed E-state index contributed by atoms with van der Waals surface area (Å²) in [7, 11) is -2.90. The molecule has 1 atom stereocenters. The third-order valence-electron chi connectivity index (χ3n) is 5.05. The number of ether oxygens (including phenoxy) is 1. The number of benzene rings is 2. The van der Waals surface area contributed by atoms with Gasteiger partial charge in [0.2, 0.25) is 10.0 Å². The number of likely N-dealkylation sites (N-methyl/N-ethyl adjacent to an activating group) is 1. The molecule has 158 valence electrons. The van der Waals surface area contributed by atoms with E-state index in [-0.39, 0.29) is 39.6 Å². The minimum Gasteiger partial charge on any atom is -0.373 e. The van der Waals surface area contributed by atoms with Gasteiger partial charge in [-0.1, -0.05) is 11.6 Å². The Labute approximate surface area is 173 Å². The zero-order chi connectivity index (χ0) is 21.8. The van der Waals surface area contributed by atoms with Crippen LogP contribution in [0.25, 0.3) is 10.8 Å². The molecule has 0 saturated carbocycles. The molecule has 4 rings (SSSR count). The summed E-state index contributed by atoms with van der Waals surface area (Å²) in [4.78, 5) is 14.6. The van der Waals surface area contributed by atoms with Gasteiger partial charge in [-0.3, -0.25) is 4.79 Å². The number of pyridine rings is 1. The fraction of sp³-hybridized carbons (Fsp3) is 0.211. The van der Waals surface area contributed by atoms with E-state index in [2.05, 4.69) is 4.98 Å². The summed E-state index contributed by atoms with van der Waals surface area (Å²) in [6, 6.07) is 3.65. The number of rotatable bonds is 3. The fourth-order valence-electron chi connectivity index (χ4n) is 3.50. The van der Waals surface area contributed by atoms with Gasteiger partial charge in [0.25, 0.3) is 5.56 Å². The van der Waals surface area contributed by atoms with E-state index >= 15 is 0 Å².